The average Bonchev–Trinajstić information content (AvgIpc) is 3.05. The topological polar surface area (TPSA) is 95.8 Å². The SMILES string of the molecule is Cc1cc(NC(=O)CN2CCN(S(=O)(=O)c3c(C)cc(C(C)(C)C)cc3C)CC2)no1. The third kappa shape index (κ3) is 5.34. The Kier molecular flexibility index (Phi) is 6.59. The first-order valence-corrected chi connectivity index (χ1v) is 11.9. The van der Waals surface area contributed by atoms with Gasteiger partial charge in [-0.15, -0.1) is 0 Å². The lowest BCUT2D eigenvalue weighted by molar-refractivity contribution is -0.117. The minimum atomic E-state index is -3.60. The van der Waals surface area contributed by atoms with Gasteiger partial charge < -0.3 is 9.84 Å². The number of carbonyl (C=O) groups is 1. The summed E-state index contributed by atoms with van der Waals surface area (Å²) >= 11 is 0. The van der Waals surface area contributed by atoms with Crippen LogP contribution in [-0.4, -0.2) is 61.4 Å². The normalized spacial score (nSPS) is 16.5. The number of amides is 1. The summed E-state index contributed by atoms with van der Waals surface area (Å²) in [5.41, 5.74) is 2.62. The van der Waals surface area contributed by atoms with Gasteiger partial charge in [0.15, 0.2) is 5.82 Å². The molecule has 0 unspecified atom stereocenters. The molecule has 1 aliphatic heterocycles. The Balaban J connectivity index is 1.65. The van der Waals surface area contributed by atoms with Crippen LogP contribution in [0.15, 0.2) is 27.6 Å². The maximum atomic E-state index is 13.4. The van der Waals surface area contributed by atoms with Crippen LogP contribution in [-0.2, 0) is 20.2 Å². The highest BCUT2D eigenvalue weighted by molar-refractivity contribution is 7.89. The molecule has 1 fully saturated rings. The number of nitrogens with zero attached hydrogens (tertiary/aromatic N) is 3. The van der Waals surface area contributed by atoms with Crippen molar-refractivity contribution in [2.24, 2.45) is 0 Å². The maximum Gasteiger partial charge on any atom is 0.243 e. The second kappa shape index (κ2) is 8.72. The van der Waals surface area contributed by atoms with Gasteiger partial charge in [-0.2, -0.15) is 4.31 Å². The first-order chi connectivity index (χ1) is 14.4. The fraction of sp³-hybridized carbons (Fsp3) is 0.545. The van der Waals surface area contributed by atoms with Crippen LogP contribution in [0.4, 0.5) is 5.82 Å². The summed E-state index contributed by atoms with van der Waals surface area (Å²) in [5, 5.41) is 6.44. The van der Waals surface area contributed by atoms with Gasteiger partial charge in [-0.1, -0.05) is 38.1 Å². The van der Waals surface area contributed by atoms with E-state index in [0.717, 1.165) is 16.7 Å². The van der Waals surface area contributed by atoms with Gasteiger partial charge in [0.05, 0.1) is 11.4 Å². The van der Waals surface area contributed by atoms with Crippen molar-refractivity contribution in [1.29, 1.82) is 0 Å². The number of anilines is 1. The Morgan fingerprint density at radius 3 is 2.13 bits per heavy atom. The average molecular weight is 449 g/mol. The van der Waals surface area contributed by atoms with Crippen molar-refractivity contribution in [2.75, 3.05) is 38.0 Å². The summed E-state index contributed by atoms with van der Waals surface area (Å²) in [5.74, 6) is 0.803. The van der Waals surface area contributed by atoms with Crippen LogP contribution in [0.1, 0.15) is 43.2 Å². The molecule has 1 amide bonds. The number of sulfonamides is 1. The molecule has 0 bridgehead atoms. The van der Waals surface area contributed by atoms with E-state index >= 15 is 0 Å². The minimum Gasteiger partial charge on any atom is -0.360 e. The van der Waals surface area contributed by atoms with E-state index in [0.29, 0.717) is 42.7 Å². The van der Waals surface area contributed by atoms with E-state index in [4.69, 9.17) is 4.52 Å². The molecule has 1 aromatic carbocycles. The van der Waals surface area contributed by atoms with Crippen molar-refractivity contribution in [1.82, 2.24) is 14.4 Å². The van der Waals surface area contributed by atoms with Gasteiger partial charge in [-0.3, -0.25) is 9.69 Å². The molecule has 1 aromatic heterocycles. The van der Waals surface area contributed by atoms with Gasteiger partial charge in [-0.25, -0.2) is 8.42 Å². The first kappa shape index (κ1) is 23.4. The zero-order valence-electron chi connectivity index (χ0n) is 19.2. The molecule has 0 saturated carbocycles. The van der Waals surface area contributed by atoms with Gasteiger partial charge in [0.2, 0.25) is 15.9 Å². The number of hydrogen-bond acceptors (Lipinski definition) is 6. The summed E-state index contributed by atoms with van der Waals surface area (Å²) in [6, 6.07) is 5.61. The fourth-order valence-electron chi connectivity index (χ4n) is 3.86. The van der Waals surface area contributed by atoms with Crippen molar-refractivity contribution >= 4 is 21.7 Å². The van der Waals surface area contributed by atoms with Crippen molar-refractivity contribution in [3.63, 3.8) is 0 Å². The first-order valence-electron chi connectivity index (χ1n) is 10.5. The second-order valence-electron chi connectivity index (χ2n) is 9.24. The number of carbonyl (C=O) groups excluding carboxylic acids is 1. The molecule has 0 spiro atoms. The third-order valence-corrected chi connectivity index (χ3v) is 7.72. The molecular formula is C22H32N4O4S. The molecule has 0 atom stereocenters. The highest BCUT2D eigenvalue weighted by Crippen LogP contribution is 2.31. The standard InChI is InChI=1S/C22H32N4O4S/c1-15-11-18(22(4,5)6)12-16(2)21(15)31(28,29)26-9-7-25(8-10-26)14-20(27)23-19-13-17(3)30-24-19/h11-13H,7-10,14H2,1-6H3,(H,23,24,27). The molecule has 2 heterocycles. The molecule has 1 aliphatic rings. The van der Waals surface area contributed by atoms with Crippen LogP contribution < -0.4 is 5.32 Å². The van der Waals surface area contributed by atoms with Crippen LogP contribution in [0, 0.1) is 20.8 Å². The van der Waals surface area contributed by atoms with E-state index in [1.54, 1.807) is 13.0 Å². The second-order valence-corrected chi connectivity index (χ2v) is 11.1. The number of benzene rings is 1. The molecule has 0 aliphatic carbocycles. The predicted molar refractivity (Wildman–Crippen MR) is 120 cm³/mol. The number of aryl methyl sites for hydroxylation is 3. The zero-order chi connectivity index (χ0) is 23.0. The molecule has 8 nitrogen and oxygen atoms in total. The highest BCUT2D eigenvalue weighted by Gasteiger charge is 2.32. The van der Waals surface area contributed by atoms with Gasteiger partial charge in [0.1, 0.15) is 5.76 Å². The summed E-state index contributed by atoms with van der Waals surface area (Å²) in [4.78, 5) is 14.6. The lowest BCUT2D eigenvalue weighted by Gasteiger charge is -2.34. The van der Waals surface area contributed by atoms with Crippen molar-refractivity contribution in [3.05, 3.63) is 40.6 Å². The Labute approximate surface area is 184 Å². The summed E-state index contributed by atoms with van der Waals surface area (Å²) < 4.78 is 33.2. The van der Waals surface area contributed by atoms with E-state index < -0.39 is 10.0 Å². The molecule has 1 saturated heterocycles. The molecule has 170 valence electrons. The van der Waals surface area contributed by atoms with Crippen molar-refractivity contribution in [2.45, 2.75) is 51.9 Å². The summed E-state index contributed by atoms with van der Waals surface area (Å²) in [6.45, 7) is 13.7. The van der Waals surface area contributed by atoms with Crippen LogP contribution in [0.5, 0.6) is 0 Å². The Hall–Kier alpha value is -2.23. The lowest BCUT2D eigenvalue weighted by atomic mass is 9.85. The van der Waals surface area contributed by atoms with Gasteiger partial charge in [0.25, 0.3) is 0 Å². The zero-order valence-corrected chi connectivity index (χ0v) is 20.0. The lowest BCUT2D eigenvalue weighted by Crippen LogP contribution is -2.50. The number of rotatable bonds is 5. The smallest absolute Gasteiger partial charge is 0.243 e. The molecule has 9 heteroatoms. The van der Waals surface area contributed by atoms with Crippen molar-refractivity contribution < 1.29 is 17.7 Å². The quantitative estimate of drug-likeness (QED) is 0.756. The fourth-order valence-corrected chi connectivity index (χ4v) is 5.69. The monoisotopic (exact) mass is 448 g/mol. The molecule has 0 radical (unpaired) electrons. The third-order valence-electron chi connectivity index (χ3n) is 5.52. The molecular weight excluding hydrogens is 416 g/mol. The van der Waals surface area contributed by atoms with E-state index in [-0.39, 0.29) is 17.9 Å². The van der Waals surface area contributed by atoms with Crippen LogP contribution >= 0.6 is 0 Å². The Morgan fingerprint density at radius 1 is 1.06 bits per heavy atom. The molecule has 2 aromatic rings. The van der Waals surface area contributed by atoms with E-state index in [9.17, 15) is 13.2 Å². The van der Waals surface area contributed by atoms with Crippen LogP contribution in [0.3, 0.4) is 0 Å². The van der Waals surface area contributed by atoms with E-state index in [1.807, 2.05) is 30.9 Å². The van der Waals surface area contributed by atoms with E-state index in [2.05, 4.69) is 31.2 Å². The largest absolute Gasteiger partial charge is 0.360 e. The molecule has 31 heavy (non-hydrogen) atoms. The van der Waals surface area contributed by atoms with E-state index in [1.165, 1.54) is 4.31 Å². The Bertz CT molecular complexity index is 1040. The number of hydrogen-bond donors (Lipinski definition) is 1. The Morgan fingerprint density at radius 2 is 1.65 bits per heavy atom. The number of piperazine rings is 1. The molecule has 3 rings (SSSR count). The summed E-state index contributed by atoms with van der Waals surface area (Å²) in [7, 11) is -3.60. The number of nitrogens with one attached hydrogen (secondary N) is 1. The number of aromatic nitrogens is 1. The molecule has 1 N–H and O–H groups in total. The van der Waals surface area contributed by atoms with Crippen LogP contribution in [0.2, 0.25) is 0 Å². The highest BCUT2D eigenvalue weighted by atomic mass is 32.2. The predicted octanol–water partition coefficient (Wildman–Crippen LogP) is 2.84. The van der Waals surface area contributed by atoms with Crippen molar-refractivity contribution in [3.8, 4) is 0 Å². The van der Waals surface area contributed by atoms with Gasteiger partial charge >= 0.3 is 0 Å². The minimum absolute atomic E-state index is 0.0469. The van der Waals surface area contributed by atoms with Crippen LogP contribution in [0.25, 0.3) is 0 Å². The van der Waals surface area contributed by atoms with Gasteiger partial charge in [-0.05, 0) is 42.9 Å². The van der Waals surface area contributed by atoms with Gasteiger partial charge in [0, 0.05) is 32.2 Å². The summed E-state index contributed by atoms with van der Waals surface area (Å²) in [6.07, 6.45) is 0. The maximum absolute atomic E-state index is 13.4.